The van der Waals surface area contributed by atoms with Crippen LogP contribution < -0.4 is 10.6 Å². The van der Waals surface area contributed by atoms with E-state index < -0.39 is 0 Å². The smallest absolute Gasteiger partial charge is 0.0368 e. The minimum Gasteiger partial charge on any atom is -0.368 e. The summed E-state index contributed by atoms with van der Waals surface area (Å²) in [6.45, 7) is 1.99. The Hall–Kier alpha value is -1.02. The van der Waals surface area contributed by atoms with Crippen molar-refractivity contribution in [1.82, 2.24) is 0 Å². The summed E-state index contributed by atoms with van der Waals surface area (Å²) < 4.78 is 0. The number of nitrogens with two attached hydrogens (primary N) is 1. The molecule has 2 heteroatoms. The molecule has 1 fully saturated rings. The van der Waals surface area contributed by atoms with Crippen LogP contribution in [0.4, 0.5) is 5.69 Å². The van der Waals surface area contributed by atoms with Crippen molar-refractivity contribution >= 4 is 5.69 Å². The summed E-state index contributed by atoms with van der Waals surface area (Å²) in [5.74, 6) is 0. The van der Waals surface area contributed by atoms with Crippen LogP contribution >= 0.6 is 0 Å². The fourth-order valence-corrected chi connectivity index (χ4v) is 2.29. The van der Waals surface area contributed by atoms with Crippen molar-refractivity contribution in [2.45, 2.75) is 25.3 Å². The third-order valence-electron chi connectivity index (χ3n) is 2.96. The molecule has 1 aliphatic rings. The van der Waals surface area contributed by atoms with Crippen molar-refractivity contribution in [3.8, 4) is 0 Å². The molecular weight excluding hydrogens is 172 g/mol. The second-order valence-electron chi connectivity index (χ2n) is 3.90. The van der Waals surface area contributed by atoms with Crippen LogP contribution in [0.15, 0.2) is 30.3 Å². The molecule has 0 radical (unpaired) electrons. The van der Waals surface area contributed by atoms with Gasteiger partial charge in [-0.05, 0) is 37.9 Å². The summed E-state index contributed by atoms with van der Waals surface area (Å²) in [6, 6.07) is 11.3. The van der Waals surface area contributed by atoms with Crippen LogP contribution in [-0.4, -0.2) is 19.1 Å². The van der Waals surface area contributed by atoms with E-state index in [1.807, 2.05) is 0 Å². The number of nitrogens with zero attached hydrogens (tertiary/aromatic N) is 1. The highest BCUT2D eigenvalue weighted by atomic mass is 15.2. The molecule has 1 unspecified atom stereocenters. The summed E-state index contributed by atoms with van der Waals surface area (Å²) in [4.78, 5) is 2.49. The lowest BCUT2D eigenvalue weighted by Gasteiger charge is -2.26. The molecular formula is C12H18N2. The first kappa shape index (κ1) is 9.53. The lowest BCUT2D eigenvalue weighted by molar-refractivity contribution is 0.618. The van der Waals surface area contributed by atoms with Crippen LogP contribution in [-0.2, 0) is 0 Å². The van der Waals surface area contributed by atoms with Crippen LogP contribution in [0.2, 0.25) is 0 Å². The summed E-state index contributed by atoms with van der Waals surface area (Å²) in [6.07, 6.45) is 3.72. The van der Waals surface area contributed by atoms with Crippen molar-refractivity contribution in [1.29, 1.82) is 0 Å². The van der Waals surface area contributed by atoms with Gasteiger partial charge in [-0.1, -0.05) is 18.2 Å². The fraction of sp³-hybridized carbons (Fsp3) is 0.500. The summed E-state index contributed by atoms with van der Waals surface area (Å²) in [7, 11) is 0. The van der Waals surface area contributed by atoms with Gasteiger partial charge in [0.25, 0.3) is 0 Å². The van der Waals surface area contributed by atoms with Gasteiger partial charge >= 0.3 is 0 Å². The molecule has 1 heterocycles. The van der Waals surface area contributed by atoms with Gasteiger partial charge < -0.3 is 10.6 Å². The Morgan fingerprint density at radius 1 is 1.29 bits per heavy atom. The van der Waals surface area contributed by atoms with Gasteiger partial charge in [0.2, 0.25) is 0 Å². The second kappa shape index (κ2) is 4.47. The Bertz CT molecular complexity index is 271. The number of para-hydroxylation sites is 1. The molecule has 1 saturated heterocycles. The number of hydrogen-bond donors (Lipinski definition) is 1. The van der Waals surface area contributed by atoms with Gasteiger partial charge in [-0.2, -0.15) is 0 Å². The maximum atomic E-state index is 5.62. The number of anilines is 1. The number of rotatable bonds is 3. The fourth-order valence-electron chi connectivity index (χ4n) is 2.29. The molecule has 0 aromatic heterocycles. The molecule has 14 heavy (non-hydrogen) atoms. The van der Waals surface area contributed by atoms with Crippen molar-refractivity contribution in [2.24, 2.45) is 5.73 Å². The Morgan fingerprint density at radius 3 is 2.79 bits per heavy atom. The van der Waals surface area contributed by atoms with Crippen LogP contribution in [0, 0.1) is 0 Å². The van der Waals surface area contributed by atoms with Crippen LogP contribution in [0.3, 0.4) is 0 Å². The Kier molecular flexibility index (Phi) is 3.04. The third kappa shape index (κ3) is 1.90. The Labute approximate surface area is 85.7 Å². The van der Waals surface area contributed by atoms with E-state index >= 15 is 0 Å². The number of benzene rings is 1. The monoisotopic (exact) mass is 190 g/mol. The molecule has 2 nitrogen and oxygen atoms in total. The van der Waals surface area contributed by atoms with Gasteiger partial charge in [0.1, 0.15) is 0 Å². The zero-order chi connectivity index (χ0) is 9.80. The molecule has 0 bridgehead atoms. The normalized spacial score (nSPS) is 21.5. The lowest BCUT2D eigenvalue weighted by atomic mass is 10.1. The molecule has 1 atom stereocenters. The maximum absolute atomic E-state index is 5.62. The van der Waals surface area contributed by atoms with E-state index in [0.717, 1.165) is 13.0 Å². The highest BCUT2D eigenvalue weighted by Crippen LogP contribution is 2.26. The van der Waals surface area contributed by atoms with E-state index in [4.69, 9.17) is 5.73 Å². The van der Waals surface area contributed by atoms with Gasteiger partial charge in [0, 0.05) is 18.3 Å². The average Bonchev–Trinajstić information content (AvgIpc) is 2.68. The number of hydrogen-bond acceptors (Lipinski definition) is 2. The highest BCUT2D eigenvalue weighted by molar-refractivity contribution is 5.47. The van der Waals surface area contributed by atoms with Crippen molar-refractivity contribution in [3.05, 3.63) is 30.3 Å². The topological polar surface area (TPSA) is 29.3 Å². The zero-order valence-electron chi connectivity index (χ0n) is 8.52. The lowest BCUT2D eigenvalue weighted by Crippen LogP contribution is -2.30. The Morgan fingerprint density at radius 2 is 2.07 bits per heavy atom. The molecule has 1 aromatic carbocycles. The minimum atomic E-state index is 0.669. The predicted molar refractivity (Wildman–Crippen MR) is 60.5 cm³/mol. The molecule has 1 aromatic rings. The van der Waals surface area contributed by atoms with E-state index in [1.165, 1.54) is 25.1 Å². The Balaban J connectivity index is 2.10. The maximum Gasteiger partial charge on any atom is 0.0368 e. The minimum absolute atomic E-state index is 0.669. The molecule has 1 aliphatic heterocycles. The summed E-state index contributed by atoms with van der Waals surface area (Å²) >= 11 is 0. The highest BCUT2D eigenvalue weighted by Gasteiger charge is 2.23. The van der Waals surface area contributed by atoms with Crippen molar-refractivity contribution in [3.63, 3.8) is 0 Å². The molecule has 2 N–H and O–H groups in total. The quantitative estimate of drug-likeness (QED) is 0.790. The zero-order valence-corrected chi connectivity index (χ0v) is 8.52. The molecule has 76 valence electrons. The SMILES string of the molecule is NCCC1CCCN1c1ccccc1. The second-order valence-corrected chi connectivity index (χ2v) is 3.90. The van der Waals surface area contributed by atoms with Crippen molar-refractivity contribution < 1.29 is 0 Å². The van der Waals surface area contributed by atoms with Gasteiger partial charge in [-0.3, -0.25) is 0 Å². The standard InChI is InChI=1S/C12H18N2/c13-9-8-12-7-4-10-14(12)11-5-2-1-3-6-11/h1-3,5-6,12H,4,7-10,13H2. The van der Waals surface area contributed by atoms with E-state index in [2.05, 4.69) is 35.2 Å². The summed E-state index contributed by atoms with van der Waals surface area (Å²) in [5.41, 5.74) is 6.97. The van der Waals surface area contributed by atoms with Gasteiger partial charge in [0.05, 0.1) is 0 Å². The van der Waals surface area contributed by atoms with E-state index in [-0.39, 0.29) is 0 Å². The summed E-state index contributed by atoms with van der Waals surface area (Å²) in [5, 5.41) is 0. The molecule has 0 amide bonds. The molecule has 0 spiro atoms. The van der Waals surface area contributed by atoms with Crippen LogP contribution in [0.25, 0.3) is 0 Å². The molecule has 0 aliphatic carbocycles. The predicted octanol–water partition coefficient (Wildman–Crippen LogP) is 2.00. The first-order valence-corrected chi connectivity index (χ1v) is 5.43. The first-order valence-electron chi connectivity index (χ1n) is 5.43. The van der Waals surface area contributed by atoms with Crippen molar-refractivity contribution in [2.75, 3.05) is 18.0 Å². The van der Waals surface area contributed by atoms with E-state index in [1.54, 1.807) is 0 Å². The van der Waals surface area contributed by atoms with Crippen LogP contribution in [0.1, 0.15) is 19.3 Å². The molecule has 2 rings (SSSR count). The molecule has 0 saturated carbocycles. The third-order valence-corrected chi connectivity index (χ3v) is 2.96. The van der Waals surface area contributed by atoms with Gasteiger partial charge in [0.15, 0.2) is 0 Å². The van der Waals surface area contributed by atoms with Crippen LogP contribution in [0.5, 0.6) is 0 Å². The van der Waals surface area contributed by atoms with E-state index in [9.17, 15) is 0 Å². The first-order chi connectivity index (χ1) is 6.92. The van der Waals surface area contributed by atoms with Gasteiger partial charge in [-0.25, -0.2) is 0 Å². The van der Waals surface area contributed by atoms with Gasteiger partial charge in [-0.15, -0.1) is 0 Å². The average molecular weight is 190 g/mol. The van der Waals surface area contributed by atoms with E-state index in [0.29, 0.717) is 6.04 Å². The largest absolute Gasteiger partial charge is 0.368 e.